The molecule has 1 aliphatic heterocycles. The second kappa shape index (κ2) is 4.61. The molecule has 0 saturated carbocycles. The second-order valence-corrected chi connectivity index (χ2v) is 5.78. The van der Waals surface area contributed by atoms with E-state index in [1.54, 1.807) is 6.20 Å². The molecule has 1 fully saturated rings. The SMILES string of the molecule is CC(C)(C)N1CCCC(n2cc(C=O)cn2)C1. The van der Waals surface area contributed by atoms with Crippen molar-refractivity contribution in [3.63, 3.8) is 0 Å². The van der Waals surface area contributed by atoms with Crippen LogP contribution in [0.15, 0.2) is 12.4 Å². The van der Waals surface area contributed by atoms with Crippen LogP contribution in [0.25, 0.3) is 0 Å². The van der Waals surface area contributed by atoms with Crippen molar-refractivity contribution in [1.29, 1.82) is 0 Å². The summed E-state index contributed by atoms with van der Waals surface area (Å²) in [6.45, 7) is 8.91. The number of carbonyl (C=O) groups is 1. The molecule has 4 heteroatoms. The van der Waals surface area contributed by atoms with Crippen molar-refractivity contribution in [2.45, 2.75) is 45.2 Å². The standard InChI is InChI=1S/C13H21N3O/c1-13(2,3)15-6-4-5-12(9-15)16-8-11(10-17)7-14-16/h7-8,10,12H,4-6,9H2,1-3H3. The van der Waals surface area contributed by atoms with E-state index in [4.69, 9.17) is 0 Å². The number of hydrogen-bond donors (Lipinski definition) is 0. The van der Waals surface area contributed by atoms with Gasteiger partial charge in [0.15, 0.2) is 6.29 Å². The Hall–Kier alpha value is -1.16. The summed E-state index contributed by atoms with van der Waals surface area (Å²) >= 11 is 0. The van der Waals surface area contributed by atoms with Crippen LogP contribution in [0, 0.1) is 0 Å². The molecule has 94 valence electrons. The molecule has 1 aromatic heterocycles. The largest absolute Gasteiger partial charge is 0.298 e. The van der Waals surface area contributed by atoms with Gasteiger partial charge in [-0.3, -0.25) is 14.4 Å². The van der Waals surface area contributed by atoms with Crippen molar-refractivity contribution in [3.05, 3.63) is 18.0 Å². The maximum Gasteiger partial charge on any atom is 0.153 e. The van der Waals surface area contributed by atoms with E-state index in [-0.39, 0.29) is 5.54 Å². The lowest BCUT2D eigenvalue weighted by atomic mass is 9.98. The minimum atomic E-state index is 0.208. The summed E-state index contributed by atoms with van der Waals surface area (Å²) in [6.07, 6.45) is 6.69. The van der Waals surface area contributed by atoms with Crippen molar-refractivity contribution in [2.75, 3.05) is 13.1 Å². The summed E-state index contributed by atoms with van der Waals surface area (Å²) in [6, 6.07) is 0.400. The van der Waals surface area contributed by atoms with E-state index >= 15 is 0 Å². The zero-order chi connectivity index (χ0) is 12.5. The van der Waals surface area contributed by atoms with Crippen LogP contribution in [-0.4, -0.2) is 39.6 Å². The van der Waals surface area contributed by atoms with Gasteiger partial charge < -0.3 is 0 Å². The number of carbonyl (C=O) groups excluding carboxylic acids is 1. The molecule has 0 N–H and O–H groups in total. The summed E-state index contributed by atoms with van der Waals surface area (Å²) in [4.78, 5) is 13.2. The Balaban J connectivity index is 2.09. The Morgan fingerprint density at radius 3 is 2.82 bits per heavy atom. The number of likely N-dealkylation sites (tertiary alicyclic amines) is 1. The fourth-order valence-electron chi connectivity index (χ4n) is 2.39. The highest BCUT2D eigenvalue weighted by Crippen LogP contribution is 2.26. The number of piperidine rings is 1. The van der Waals surface area contributed by atoms with Gasteiger partial charge in [0.25, 0.3) is 0 Å². The fraction of sp³-hybridized carbons (Fsp3) is 0.692. The Bertz CT molecular complexity index is 392. The lowest BCUT2D eigenvalue weighted by molar-refractivity contribution is 0.0785. The average Bonchev–Trinajstić information content (AvgIpc) is 2.76. The molecule has 1 unspecified atom stereocenters. The van der Waals surface area contributed by atoms with Crippen molar-refractivity contribution in [1.82, 2.24) is 14.7 Å². The van der Waals surface area contributed by atoms with Crippen LogP contribution in [0.4, 0.5) is 0 Å². The number of nitrogens with zero attached hydrogens (tertiary/aromatic N) is 3. The minimum Gasteiger partial charge on any atom is -0.298 e. The van der Waals surface area contributed by atoms with E-state index in [2.05, 4.69) is 30.8 Å². The zero-order valence-corrected chi connectivity index (χ0v) is 10.9. The van der Waals surface area contributed by atoms with Crippen molar-refractivity contribution in [3.8, 4) is 0 Å². The monoisotopic (exact) mass is 235 g/mol. The highest BCUT2D eigenvalue weighted by Gasteiger charge is 2.28. The van der Waals surface area contributed by atoms with Gasteiger partial charge in [-0.2, -0.15) is 5.10 Å². The topological polar surface area (TPSA) is 38.1 Å². The molecule has 0 bridgehead atoms. The molecule has 0 amide bonds. The van der Waals surface area contributed by atoms with Crippen LogP contribution >= 0.6 is 0 Å². The van der Waals surface area contributed by atoms with Gasteiger partial charge in [0.2, 0.25) is 0 Å². The average molecular weight is 235 g/mol. The predicted molar refractivity (Wildman–Crippen MR) is 67.2 cm³/mol. The van der Waals surface area contributed by atoms with Crippen LogP contribution in [0.1, 0.15) is 50.0 Å². The summed E-state index contributed by atoms with van der Waals surface area (Å²) in [5, 5.41) is 4.29. The predicted octanol–water partition coefficient (Wildman–Crippen LogP) is 2.13. The van der Waals surface area contributed by atoms with Gasteiger partial charge in [-0.1, -0.05) is 0 Å². The molecular weight excluding hydrogens is 214 g/mol. The molecule has 4 nitrogen and oxygen atoms in total. The summed E-state index contributed by atoms with van der Waals surface area (Å²) in [7, 11) is 0. The van der Waals surface area contributed by atoms with E-state index < -0.39 is 0 Å². The normalized spacial score (nSPS) is 22.6. The van der Waals surface area contributed by atoms with Gasteiger partial charge in [-0.05, 0) is 40.2 Å². The minimum absolute atomic E-state index is 0.208. The molecule has 0 radical (unpaired) electrons. The van der Waals surface area contributed by atoms with Crippen LogP contribution < -0.4 is 0 Å². The zero-order valence-electron chi connectivity index (χ0n) is 10.9. The lowest BCUT2D eigenvalue weighted by Crippen LogP contribution is -2.47. The highest BCUT2D eigenvalue weighted by molar-refractivity contribution is 5.73. The van der Waals surface area contributed by atoms with Crippen LogP contribution in [0.2, 0.25) is 0 Å². The van der Waals surface area contributed by atoms with Crippen molar-refractivity contribution < 1.29 is 4.79 Å². The van der Waals surface area contributed by atoms with Gasteiger partial charge in [-0.15, -0.1) is 0 Å². The first-order valence-corrected chi connectivity index (χ1v) is 6.25. The summed E-state index contributed by atoms with van der Waals surface area (Å²) in [5.41, 5.74) is 0.872. The third-order valence-electron chi connectivity index (χ3n) is 3.48. The van der Waals surface area contributed by atoms with E-state index in [9.17, 15) is 4.79 Å². The van der Waals surface area contributed by atoms with E-state index in [1.807, 2.05) is 10.9 Å². The Labute approximate surface area is 103 Å². The third-order valence-corrected chi connectivity index (χ3v) is 3.48. The quantitative estimate of drug-likeness (QED) is 0.737. The van der Waals surface area contributed by atoms with E-state index in [0.717, 1.165) is 25.8 Å². The van der Waals surface area contributed by atoms with E-state index in [1.165, 1.54) is 6.42 Å². The third kappa shape index (κ3) is 2.75. The maximum absolute atomic E-state index is 10.7. The molecular formula is C13H21N3O. The van der Waals surface area contributed by atoms with Gasteiger partial charge in [0, 0.05) is 18.3 Å². The second-order valence-electron chi connectivity index (χ2n) is 5.78. The molecule has 1 aromatic rings. The number of rotatable bonds is 2. The molecule has 0 aromatic carbocycles. The first-order chi connectivity index (χ1) is 8.00. The molecule has 2 heterocycles. The highest BCUT2D eigenvalue weighted by atomic mass is 16.1. The molecule has 17 heavy (non-hydrogen) atoms. The maximum atomic E-state index is 10.7. The summed E-state index contributed by atoms with van der Waals surface area (Å²) in [5.74, 6) is 0. The molecule has 0 spiro atoms. The van der Waals surface area contributed by atoms with Crippen LogP contribution in [0.3, 0.4) is 0 Å². The van der Waals surface area contributed by atoms with Gasteiger partial charge >= 0.3 is 0 Å². The molecule has 1 saturated heterocycles. The Morgan fingerprint density at radius 2 is 2.24 bits per heavy atom. The van der Waals surface area contributed by atoms with Crippen LogP contribution in [0.5, 0.6) is 0 Å². The van der Waals surface area contributed by atoms with Crippen LogP contribution in [-0.2, 0) is 0 Å². The van der Waals surface area contributed by atoms with Crippen molar-refractivity contribution >= 4 is 6.29 Å². The fourth-order valence-corrected chi connectivity index (χ4v) is 2.39. The van der Waals surface area contributed by atoms with Gasteiger partial charge in [0.1, 0.15) is 0 Å². The first-order valence-electron chi connectivity index (χ1n) is 6.25. The summed E-state index contributed by atoms with van der Waals surface area (Å²) < 4.78 is 1.95. The lowest BCUT2D eigenvalue weighted by Gasteiger charge is -2.41. The van der Waals surface area contributed by atoms with E-state index in [0.29, 0.717) is 11.6 Å². The molecule has 0 aliphatic carbocycles. The Kier molecular flexibility index (Phi) is 3.33. The Morgan fingerprint density at radius 1 is 1.47 bits per heavy atom. The van der Waals surface area contributed by atoms with Gasteiger partial charge in [0.05, 0.1) is 17.8 Å². The number of hydrogen-bond acceptors (Lipinski definition) is 3. The molecule has 1 atom stereocenters. The van der Waals surface area contributed by atoms with Gasteiger partial charge in [-0.25, -0.2) is 0 Å². The number of aromatic nitrogens is 2. The first kappa shape index (κ1) is 12.3. The number of aldehydes is 1. The van der Waals surface area contributed by atoms with Crippen molar-refractivity contribution in [2.24, 2.45) is 0 Å². The molecule has 2 rings (SSSR count). The smallest absolute Gasteiger partial charge is 0.153 e. The molecule has 1 aliphatic rings.